The van der Waals surface area contributed by atoms with Gasteiger partial charge < -0.3 is 5.73 Å². The van der Waals surface area contributed by atoms with Gasteiger partial charge in [0.2, 0.25) is 0 Å². The fraction of sp³-hybridized carbons (Fsp3) is 0.0909. The van der Waals surface area contributed by atoms with Crippen LogP contribution in [0.3, 0.4) is 0 Å². The molecule has 0 saturated heterocycles. The van der Waals surface area contributed by atoms with Crippen LogP contribution < -0.4 is 5.73 Å². The molecule has 6 heteroatoms. The van der Waals surface area contributed by atoms with Crippen molar-refractivity contribution in [2.45, 2.75) is 6.04 Å². The maximum Gasteiger partial charge on any atom is 0.132 e. The second-order valence-electron chi connectivity index (χ2n) is 3.32. The number of hydrogen-bond donors (Lipinski definition) is 1. The molecule has 0 fully saturated rings. The van der Waals surface area contributed by atoms with Gasteiger partial charge in [-0.1, -0.05) is 15.9 Å². The Bertz CT molecular complexity index is 481. The first-order valence-corrected chi connectivity index (χ1v) is 6.25. The van der Waals surface area contributed by atoms with Crippen molar-refractivity contribution in [2.24, 2.45) is 5.73 Å². The molecule has 92 valence electrons. The Morgan fingerprint density at radius 3 is 2.29 bits per heavy atom. The summed E-state index contributed by atoms with van der Waals surface area (Å²) in [6.07, 6.45) is 0. The van der Waals surface area contributed by atoms with Crippen molar-refractivity contribution in [3.63, 3.8) is 0 Å². The molecule has 1 atom stereocenters. The largest absolute Gasteiger partial charge is 0.320 e. The second-order valence-corrected chi connectivity index (χ2v) is 5.01. The number of benzene rings is 1. The number of rotatable bonds is 2. The van der Waals surface area contributed by atoms with Crippen LogP contribution in [0.15, 0.2) is 33.4 Å². The number of thiophene rings is 1. The van der Waals surface area contributed by atoms with Crippen LogP contribution in [0.25, 0.3) is 0 Å². The van der Waals surface area contributed by atoms with Crippen LogP contribution in [0.5, 0.6) is 0 Å². The molecule has 1 aromatic carbocycles. The maximum atomic E-state index is 13.6. The first kappa shape index (κ1) is 14.6. The third kappa shape index (κ3) is 3.04. The lowest BCUT2D eigenvalue weighted by Gasteiger charge is -2.13. The SMILES string of the molecule is Cl.N[C@@H](c1ccsc1)c1c(F)cc(Br)cc1F. The third-order valence-corrected chi connectivity index (χ3v) is 3.42. The van der Waals surface area contributed by atoms with Crippen molar-refractivity contribution in [3.05, 3.63) is 56.2 Å². The van der Waals surface area contributed by atoms with Gasteiger partial charge in [0.15, 0.2) is 0 Å². The highest BCUT2D eigenvalue weighted by Gasteiger charge is 2.19. The third-order valence-electron chi connectivity index (χ3n) is 2.26. The molecule has 0 unspecified atom stereocenters. The fourth-order valence-corrected chi connectivity index (χ4v) is 2.57. The van der Waals surface area contributed by atoms with Crippen molar-refractivity contribution >= 4 is 39.7 Å². The van der Waals surface area contributed by atoms with E-state index < -0.39 is 17.7 Å². The summed E-state index contributed by atoms with van der Waals surface area (Å²) < 4.78 is 27.6. The predicted molar refractivity (Wildman–Crippen MR) is 71.7 cm³/mol. The lowest BCUT2D eigenvalue weighted by Crippen LogP contribution is -2.15. The molecule has 0 aliphatic carbocycles. The summed E-state index contributed by atoms with van der Waals surface area (Å²) in [6.45, 7) is 0. The van der Waals surface area contributed by atoms with Gasteiger partial charge in [-0.15, -0.1) is 12.4 Å². The van der Waals surface area contributed by atoms with Crippen molar-refractivity contribution in [2.75, 3.05) is 0 Å². The van der Waals surface area contributed by atoms with Gasteiger partial charge in [0.1, 0.15) is 11.6 Å². The van der Waals surface area contributed by atoms with E-state index in [2.05, 4.69) is 15.9 Å². The molecule has 0 bridgehead atoms. The average molecular weight is 341 g/mol. The topological polar surface area (TPSA) is 26.0 Å². The lowest BCUT2D eigenvalue weighted by atomic mass is 10.0. The molecule has 2 rings (SSSR count). The molecule has 2 N–H and O–H groups in total. The van der Waals surface area contributed by atoms with Gasteiger partial charge in [0, 0.05) is 10.0 Å². The Hall–Kier alpha value is -0.490. The van der Waals surface area contributed by atoms with Gasteiger partial charge in [-0.2, -0.15) is 11.3 Å². The molecule has 2 aromatic rings. The normalized spacial score (nSPS) is 12.0. The molecule has 17 heavy (non-hydrogen) atoms. The Morgan fingerprint density at radius 2 is 1.82 bits per heavy atom. The van der Waals surface area contributed by atoms with E-state index in [9.17, 15) is 8.78 Å². The Kier molecular flexibility index (Phi) is 5.06. The summed E-state index contributed by atoms with van der Waals surface area (Å²) in [4.78, 5) is 0. The summed E-state index contributed by atoms with van der Waals surface area (Å²) in [5.41, 5.74) is 6.44. The van der Waals surface area contributed by atoms with Crippen LogP contribution in [-0.2, 0) is 0 Å². The molecular formula is C11H9BrClF2NS. The Balaban J connectivity index is 0.00000144. The van der Waals surface area contributed by atoms with Crippen LogP contribution in [0.2, 0.25) is 0 Å². The first-order valence-electron chi connectivity index (χ1n) is 4.51. The van der Waals surface area contributed by atoms with E-state index in [1.807, 2.05) is 5.38 Å². The Morgan fingerprint density at radius 1 is 1.24 bits per heavy atom. The van der Waals surface area contributed by atoms with Gasteiger partial charge in [-0.25, -0.2) is 8.78 Å². The van der Waals surface area contributed by atoms with Gasteiger partial charge in [0.25, 0.3) is 0 Å². The van der Waals surface area contributed by atoms with E-state index in [0.29, 0.717) is 10.0 Å². The molecule has 1 heterocycles. The first-order chi connectivity index (χ1) is 7.59. The maximum absolute atomic E-state index is 13.6. The van der Waals surface area contributed by atoms with E-state index in [0.717, 1.165) is 0 Å². The molecular weight excluding hydrogens is 332 g/mol. The minimum Gasteiger partial charge on any atom is -0.320 e. The molecule has 0 aliphatic rings. The minimum absolute atomic E-state index is 0. The van der Waals surface area contributed by atoms with E-state index in [1.165, 1.54) is 23.5 Å². The van der Waals surface area contributed by atoms with E-state index in [1.54, 1.807) is 11.4 Å². The van der Waals surface area contributed by atoms with Gasteiger partial charge in [-0.3, -0.25) is 0 Å². The van der Waals surface area contributed by atoms with Gasteiger partial charge in [0.05, 0.1) is 6.04 Å². The molecule has 0 saturated carbocycles. The van der Waals surface area contributed by atoms with Crippen molar-refractivity contribution in [1.82, 2.24) is 0 Å². The average Bonchev–Trinajstić information content (AvgIpc) is 2.67. The van der Waals surface area contributed by atoms with E-state index in [-0.39, 0.29) is 18.0 Å². The lowest BCUT2D eigenvalue weighted by molar-refractivity contribution is 0.542. The van der Waals surface area contributed by atoms with Crippen LogP contribution in [-0.4, -0.2) is 0 Å². The summed E-state index contributed by atoms with van der Waals surface area (Å²) >= 11 is 4.47. The van der Waals surface area contributed by atoms with Crippen molar-refractivity contribution in [1.29, 1.82) is 0 Å². The molecule has 0 aliphatic heterocycles. The number of hydrogen-bond acceptors (Lipinski definition) is 2. The Labute approximate surface area is 116 Å². The van der Waals surface area contributed by atoms with E-state index in [4.69, 9.17) is 5.73 Å². The van der Waals surface area contributed by atoms with Crippen LogP contribution in [0.1, 0.15) is 17.2 Å². The molecule has 1 nitrogen and oxygen atoms in total. The number of halogens is 4. The highest BCUT2D eigenvalue weighted by atomic mass is 79.9. The van der Waals surface area contributed by atoms with Crippen molar-refractivity contribution < 1.29 is 8.78 Å². The standard InChI is InChI=1S/C11H8BrF2NS.ClH/c12-7-3-8(13)10(9(14)4-7)11(15)6-1-2-16-5-6;/h1-5,11H,15H2;1H/t11-;/m0./s1. The summed E-state index contributed by atoms with van der Waals surface area (Å²) in [6, 6.07) is 3.42. The molecule has 0 radical (unpaired) electrons. The van der Waals surface area contributed by atoms with Crippen LogP contribution in [0, 0.1) is 11.6 Å². The summed E-state index contributed by atoms with van der Waals surface area (Å²) in [5, 5.41) is 3.61. The smallest absolute Gasteiger partial charge is 0.132 e. The predicted octanol–water partition coefficient (Wildman–Crippen LogP) is 4.26. The van der Waals surface area contributed by atoms with Crippen LogP contribution >= 0.6 is 39.7 Å². The van der Waals surface area contributed by atoms with E-state index >= 15 is 0 Å². The number of nitrogens with two attached hydrogens (primary N) is 1. The monoisotopic (exact) mass is 339 g/mol. The highest BCUT2D eigenvalue weighted by Crippen LogP contribution is 2.28. The zero-order valence-electron chi connectivity index (χ0n) is 8.49. The quantitative estimate of drug-likeness (QED) is 0.868. The fourth-order valence-electron chi connectivity index (χ4n) is 1.47. The zero-order valence-corrected chi connectivity index (χ0v) is 11.7. The molecule has 0 amide bonds. The van der Waals surface area contributed by atoms with Gasteiger partial charge in [-0.05, 0) is 34.5 Å². The van der Waals surface area contributed by atoms with Crippen LogP contribution in [0.4, 0.5) is 8.78 Å². The van der Waals surface area contributed by atoms with Crippen molar-refractivity contribution in [3.8, 4) is 0 Å². The second kappa shape index (κ2) is 5.91. The summed E-state index contributed by atoms with van der Waals surface area (Å²) in [7, 11) is 0. The minimum atomic E-state index is -0.764. The molecule has 0 spiro atoms. The zero-order chi connectivity index (χ0) is 11.7. The molecule has 1 aromatic heterocycles. The highest BCUT2D eigenvalue weighted by molar-refractivity contribution is 9.10. The van der Waals surface area contributed by atoms with Gasteiger partial charge >= 0.3 is 0 Å². The summed E-state index contributed by atoms with van der Waals surface area (Å²) in [5.74, 6) is -1.27.